The molecule has 116 valence electrons. The van der Waals surface area contributed by atoms with Gasteiger partial charge in [0.15, 0.2) is 0 Å². The van der Waals surface area contributed by atoms with E-state index in [2.05, 4.69) is 37.7 Å². The van der Waals surface area contributed by atoms with Crippen molar-refractivity contribution < 1.29 is 4.74 Å². The lowest BCUT2D eigenvalue weighted by molar-refractivity contribution is 0.194. The number of nitrogens with zero attached hydrogens (tertiary/aromatic N) is 5. The Morgan fingerprint density at radius 3 is 2.55 bits per heavy atom. The van der Waals surface area contributed by atoms with Crippen LogP contribution in [-0.4, -0.2) is 53.1 Å². The summed E-state index contributed by atoms with van der Waals surface area (Å²) < 4.78 is 5.17. The number of rotatable bonds is 4. The lowest BCUT2D eigenvalue weighted by Gasteiger charge is -2.37. The molecule has 0 aliphatic carbocycles. The van der Waals surface area contributed by atoms with Crippen LogP contribution in [0.25, 0.3) is 0 Å². The van der Waals surface area contributed by atoms with Crippen molar-refractivity contribution >= 4 is 5.95 Å². The molecule has 2 aromatic heterocycles. The first kappa shape index (κ1) is 14.7. The number of anilines is 1. The molecule has 22 heavy (non-hydrogen) atoms. The van der Waals surface area contributed by atoms with Crippen LogP contribution in [0.3, 0.4) is 0 Å². The number of ether oxygens (including phenoxy) is 1. The van der Waals surface area contributed by atoms with Crippen LogP contribution >= 0.6 is 0 Å². The third-order valence-corrected chi connectivity index (χ3v) is 4.09. The monoisotopic (exact) mass is 299 g/mol. The highest BCUT2D eigenvalue weighted by Gasteiger charge is 2.24. The Hall–Kier alpha value is -2.21. The van der Waals surface area contributed by atoms with Crippen LogP contribution in [-0.2, 0) is 0 Å². The van der Waals surface area contributed by atoms with Gasteiger partial charge in [-0.1, -0.05) is 6.07 Å². The van der Waals surface area contributed by atoms with E-state index in [4.69, 9.17) is 4.74 Å². The highest BCUT2D eigenvalue weighted by molar-refractivity contribution is 5.32. The molecule has 1 saturated heterocycles. The molecule has 0 amide bonds. The molecule has 1 aliphatic rings. The quantitative estimate of drug-likeness (QED) is 0.857. The number of methoxy groups -OCH3 is 1. The zero-order valence-electron chi connectivity index (χ0n) is 13.0. The number of pyridine rings is 1. The lowest BCUT2D eigenvalue weighted by Crippen LogP contribution is -2.47. The van der Waals surface area contributed by atoms with E-state index in [0.29, 0.717) is 11.9 Å². The van der Waals surface area contributed by atoms with Crippen LogP contribution < -0.4 is 9.64 Å². The van der Waals surface area contributed by atoms with Gasteiger partial charge in [0.05, 0.1) is 12.8 Å². The van der Waals surface area contributed by atoms with Gasteiger partial charge in [-0.25, -0.2) is 4.98 Å². The fourth-order valence-electron chi connectivity index (χ4n) is 2.72. The zero-order valence-corrected chi connectivity index (χ0v) is 13.0. The molecule has 1 unspecified atom stereocenters. The number of aromatic nitrogens is 3. The van der Waals surface area contributed by atoms with Crippen LogP contribution in [0.4, 0.5) is 5.95 Å². The van der Waals surface area contributed by atoms with Crippen molar-refractivity contribution in [1.29, 1.82) is 0 Å². The van der Waals surface area contributed by atoms with Crippen molar-refractivity contribution in [1.82, 2.24) is 19.9 Å². The molecule has 0 saturated carbocycles. The molecule has 0 bridgehead atoms. The summed E-state index contributed by atoms with van der Waals surface area (Å²) in [5.74, 6) is 1.35. The molecule has 0 N–H and O–H groups in total. The fourth-order valence-corrected chi connectivity index (χ4v) is 2.72. The first-order valence-electron chi connectivity index (χ1n) is 7.55. The van der Waals surface area contributed by atoms with Crippen molar-refractivity contribution in [2.24, 2.45) is 0 Å². The highest BCUT2D eigenvalue weighted by atomic mass is 16.5. The molecular formula is C16H21N5O. The number of hydrogen-bond acceptors (Lipinski definition) is 6. The van der Waals surface area contributed by atoms with E-state index in [0.717, 1.165) is 37.8 Å². The number of hydrogen-bond donors (Lipinski definition) is 0. The molecule has 0 radical (unpaired) electrons. The molecule has 6 heteroatoms. The van der Waals surface area contributed by atoms with Crippen molar-refractivity contribution in [3.8, 4) is 5.88 Å². The van der Waals surface area contributed by atoms with Crippen LogP contribution in [0, 0.1) is 0 Å². The molecular weight excluding hydrogens is 278 g/mol. The van der Waals surface area contributed by atoms with E-state index in [1.807, 2.05) is 18.3 Å². The first-order valence-corrected chi connectivity index (χ1v) is 7.55. The van der Waals surface area contributed by atoms with Gasteiger partial charge in [-0.15, -0.1) is 0 Å². The maximum absolute atomic E-state index is 5.17. The van der Waals surface area contributed by atoms with Crippen LogP contribution in [0.15, 0.2) is 36.7 Å². The minimum atomic E-state index is 0.328. The molecule has 0 spiro atoms. The van der Waals surface area contributed by atoms with Crippen molar-refractivity contribution in [3.63, 3.8) is 0 Å². The van der Waals surface area contributed by atoms with Crippen LogP contribution in [0.5, 0.6) is 5.88 Å². The van der Waals surface area contributed by atoms with Crippen LogP contribution in [0.1, 0.15) is 18.7 Å². The second kappa shape index (κ2) is 6.70. The molecule has 2 aromatic rings. The highest BCUT2D eigenvalue weighted by Crippen LogP contribution is 2.21. The van der Waals surface area contributed by atoms with Crippen molar-refractivity contribution in [3.05, 3.63) is 42.4 Å². The predicted octanol–water partition coefficient (Wildman–Crippen LogP) is 1.76. The van der Waals surface area contributed by atoms with E-state index < -0.39 is 0 Å². The summed E-state index contributed by atoms with van der Waals surface area (Å²) in [4.78, 5) is 17.8. The minimum Gasteiger partial charge on any atom is -0.481 e. The minimum absolute atomic E-state index is 0.328. The van der Waals surface area contributed by atoms with E-state index >= 15 is 0 Å². The zero-order chi connectivity index (χ0) is 15.4. The molecule has 1 atom stereocenters. The van der Waals surface area contributed by atoms with Gasteiger partial charge < -0.3 is 9.64 Å². The smallest absolute Gasteiger partial charge is 0.228 e. The Kier molecular flexibility index (Phi) is 4.48. The second-order valence-corrected chi connectivity index (χ2v) is 5.35. The normalized spacial score (nSPS) is 17.3. The van der Waals surface area contributed by atoms with Gasteiger partial charge in [-0.05, 0) is 19.1 Å². The van der Waals surface area contributed by atoms with Gasteiger partial charge in [-0.3, -0.25) is 9.88 Å². The summed E-state index contributed by atoms with van der Waals surface area (Å²) in [5.41, 5.74) is 1.12. The van der Waals surface area contributed by atoms with Gasteiger partial charge in [-0.2, -0.15) is 4.98 Å². The standard InChI is InChI=1S/C16H21N5O/c1-13(14-5-3-4-7-17-14)20-9-11-21(12-10-20)16-18-8-6-15(19-16)22-2/h3-8,13H,9-12H2,1-2H3. The van der Waals surface area contributed by atoms with E-state index in [1.54, 1.807) is 19.4 Å². The van der Waals surface area contributed by atoms with E-state index in [1.165, 1.54) is 0 Å². The number of piperazine rings is 1. The Morgan fingerprint density at radius 2 is 1.86 bits per heavy atom. The topological polar surface area (TPSA) is 54.4 Å². The van der Waals surface area contributed by atoms with Gasteiger partial charge in [0, 0.05) is 50.7 Å². The summed E-state index contributed by atoms with van der Waals surface area (Å²) in [5, 5.41) is 0. The van der Waals surface area contributed by atoms with E-state index in [-0.39, 0.29) is 0 Å². The average molecular weight is 299 g/mol. The van der Waals surface area contributed by atoms with Gasteiger partial charge in [0.2, 0.25) is 11.8 Å². The third kappa shape index (κ3) is 3.17. The third-order valence-electron chi connectivity index (χ3n) is 4.09. The maximum atomic E-state index is 5.17. The molecule has 0 aromatic carbocycles. The van der Waals surface area contributed by atoms with Crippen molar-refractivity contribution in [2.75, 3.05) is 38.2 Å². The summed E-state index contributed by atoms with van der Waals surface area (Å²) in [7, 11) is 1.62. The largest absolute Gasteiger partial charge is 0.481 e. The Bertz CT molecular complexity index is 598. The molecule has 3 heterocycles. The lowest BCUT2D eigenvalue weighted by atomic mass is 10.1. The Labute approximate surface area is 130 Å². The molecule has 6 nitrogen and oxygen atoms in total. The Morgan fingerprint density at radius 1 is 1.05 bits per heavy atom. The summed E-state index contributed by atoms with van der Waals surface area (Å²) in [6.07, 6.45) is 3.59. The summed E-state index contributed by atoms with van der Waals surface area (Å²) in [6.45, 7) is 5.96. The maximum Gasteiger partial charge on any atom is 0.228 e. The average Bonchev–Trinajstić information content (AvgIpc) is 2.62. The Balaban J connectivity index is 1.62. The van der Waals surface area contributed by atoms with Crippen molar-refractivity contribution in [2.45, 2.75) is 13.0 Å². The molecule has 1 fully saturated rings. The SMILES string of the molecule is COc1ccnc(N2CCN(C(C)c3ccccn3)CC2)n1. The molecule has 1 aliphatic heterocycles. The second-order valence-electron chi connectivity index (χ2n) is 5.35. The van der Waals surface area contributed by atoms with Gasteiger partial charge in [0.25, 0.3) is 0 Å². The predicted molar refractivity (Wildman–Crippen MR) is 85.0 cm³/mol. The van der Waals surface area contributed by atoms with Gasteiger partial charge in [0.1, 0.15) is 0 Å². The first-order chi connectivity index (χ1) is 10.8. The summed E-state index contributed by atoms with van der Waals surface area (Å²) >= 11 is 0. The van der Waals surface area contributed by atoms with E-state index in [9.17, 15) is 0 Å². The molecule has 3 rings (SSSR count). The van der Waals surface area contributed by atoms with Crippen LogP contribution in [0.2, 0.25) is 0 Å². The summed E-state index contributed by atoms with van der Waals surface area (Å²) in [6, 6.07) is 8.17. The fraction of sp³-hybridized carbons (Fsp3) is 0.438. The van der Waals surface area contributed by atoms with Gasteiger partial charge >= 0.3 is 0 Å².